The van der Waals surface area contributed by atoms with Crippen molar-refractivity contribution in [2.75, 3.05) is 6.61 Å². The summed E-state index contributed by atoms with van der Waals surface area (Å²) in [6, 6.07) is 1.85. The smallest absolute Gasteiger partial charge is 0.316 e. The summed E-state index contributed by atoms with van der Waals surface area (Å²) in [5.74, 6) is 0.251. The zero-order valence-corrected chi connectivity index (χ0v) is 11.6. The van der Waals surface area contributed by atoms with Gasteiger partial charge in [-0.1, -0.05) is 13.3 Å². The van der Waals surface area contributed by atoms with Gasteiger partial charge in [0, 0.05) is 13.2 Å². The molecule has 2 rings (SSSR count). The van der Waals surface area contributed by atoms with Gasteiger partial charge < -0.3 is 9.30 Å². The number of pyridine rings is 1. The van der Waals surface area contributed by atoms with Gasteiger partial charge in [0.1, 0.15) is 11.7 Å². The van der Waals surface area contributed by atoms with Gasteiger partial charge in [-0.3, -0.25) is 9.78 Å². The van der Waals surface area contributed by atoms with E-state index in [1.54, 1.807) is 12.4 Å². The van der Waals surface area contributed by atoms with Gasteiger partial charge in [-0.15, -0.1) is 0 Å². The average Bonchev–Trinajstić information content (AvgIpc) is 2.74. The zero-order valence-electron chi connectivity index (χ0n) is 11.6. The van der Waals surface area contributed by atoms with Gasteiger partial charge in [-0.2, -0.15) is 0 Å². The molecule has 0 N–H and O–H groups in total. The van der Waals surface area contributed by atoms with Crippen LogP contribution in [0.15, 0.2) is 18.5 Å². The molecule has 5 heteroatoms. The van der Waals surface area contributed by atoms with E-state index in [2.05, 4.69) is 16.9 Å². The monoisotopic (exact) mass is 261 g/mol. The Morgan fingerprint density at radius 3 is 2.89 bits per heavy atom. The number of rotatable bonds is 5. The third-order valence-electron chi connectivity index (χ3n) is 3.18. The maximum absolute atomic E-state index is 12.1. The number of imidazole rings is 1. The highest BCUT2D eigenvalue weighted by molar-refractivity contribution is 5.80. The summed E-state index contributed by atoms with van der Waals surface area (Å²) in [6.07, 6.45) is 5.12. The first-order valence-electron chi connectivity index (χ1n) is 6.62. The van der Waals surface area contributed by atoms with E-state index in [-0.39, 0.29) is 11.9 Å². The molecule has 2 heterocycles. The van der Waals surface area contributed by atoms with Crippen LogP contribution >= 0.6 is 0 Å². The standard InChI is InChI=1S/C14H19N3O2/c1-4-6-10(14(18)19-5-2)13-16-11-7-8-15-9-12(11)17(13)3/h7-10H,4-6H2,1-3H3. The molecule has 1 atom stereocenters. The van der Waals surface area contributed by atoms with E-state index < -0.39 is 0 Å². The normalized spacial score (nSPS) is 12.6. The molecule has 0 saturated carbocycles. The van der Waals surface area contributed by atoms with E-state index >= 15 is 0 Å². The van der Waals surface area contributed by atoms with Gasteiger partial charge in [-0.25, -0.2) is 4.98 Å². The number of hydrogen-bond acceptors (Lipinski definition) is 4. The summed E-state index contributed by atoms with van der Waals surface area (Å²) in [5.41, 5.74) is 1.79. The fourth-order valence-electron chi connectivity index (χ4n) is 2.25. The number of esters is 1. The largest absolute Gasteiger partial charge is 0.465 e. The van der Waals surface area contributed by atoms with Crippen molar-refractivity contribution in [1.82, 2.24) is 14.5 Å². The summed E-state index contributed by atoms with van der Waals surface area (Å²) >= 11 is 0. The van der Waals surface area contributed by atoms with Crippen LogP contribution in [0.5, 0.6) is 0 Å². The molecule has 0 amide bonds. The molecule has 0 aromatic carbocycles. The molecule has 102 valence electrons. The molecule has 2 aromatic rings. The molecule has 0 fully saturated rings. The van der Waals surface area contributed by atoms with E-state index in [4.69, 9.17) is 4.74 Å². The number of fused-ring (bicyclic) bond motifs is 1. The Hall–Kier alpha value is -1.91. The molecule has 0 aliphatic carbocycles. The molecule has 0 aliphatic heterocycles. The number of carbonyl (C=O) groups is 1. The maximum atomic E-state index is 12.1. The summed E-state index contributed by atoms with van der Waals surface area (Å²) in [7, 11) is 1.91. The number of nitrogens with zero attached hydrogens (tertiary/aromatic N) is 3. The van der Waals surface area contributed by atoms with Crippen LogP contribution in [0.3, 0.4) is 0 Å². The zero-order chi connectivity index (χ0) is 13.8. The quantitative estimate of drug-likeness (QED) is 0.776. The van der Waals surface area contributed by atoms with Gasteiger partial charge in [0.25, 0.3) is 0 Å². The molecule has 0 radical (unpaired) electrons. The van der Waals surface area contributed by atoms with Crippen molar-refractivity contribution in [1.29, 1.82) is 0 Å². The summed E-state index contributed by atoms with van der Waals surface area (Å²) < 4.78 is 7.08. The number of hydrogen-bond donors (Lipinski definition) is 0. The molecule has 0 aliphatic rings. The van der Waals surface area contributed by atoms with Crippen LogP contribution in [0.2, 0.25) is 0 Å². The Morgan fingerprint density at radius 1 is 1.47 bits per heavy atom. The highest BCUT2D eigenvalue weighted by atomic mass is 16.5. The Labute approximate surface area is 112 Å². The number of aromatic nitrogens is 3. The van der Waals surface area contributed by atoms with Crippen molar-refractivity contribution in [3.8, 4) is 0 Å². The lowest BCUT2D eigenvalue weighted by molar-refractivity contribution is -0.145. The van der Waals surface area contributed by atoms with E-state index in [9.17, 15) is 4.79 Å². The second-order valence-electron chi connectivity index (χ2n) is 4.49. The molecule has 5 nitrogen and oxygen atoms in total. The molecule has 1 unspecified atom stereocenters. The maximum Gasteiger partial charge on any atom is 0.316 e. The van der Waals surface area contributed by atoms with Crippen LogP contribution in [0.25, 0.3) is 11.0 Å². The Balaban J connectivity index is 2.44. The molecular formula is C14H19N3O2. The van der Waals surface area contributed by atoms with Crippen molar-refractivity contribution >= 4 is 17.0 Å². The second-order valence-corrected chi connectivity index (χ2v) is 4.49. The van der Waals surface area contributed by atoms with E-state index in [0.717, 1.165) is 29.7 Å². The predicted octanol–water partition coefficient (Wildman–Crippen LogP) is 2.42. The summed E-state index contributed by atoms with van der Waals surface area (Å²) in [4.78, 5) is 20.7. The molecule has 19 heavy (non-hydrogen) atoms. The Morgan fingerprint density at radius 2 is 2.26 bits per heavy atom. The summed E-state index contributed by atoms with van der Waals surface area (Å²) in [6.45, 7) is 4.26. The minimum atomic E-state index is -0.303. The molecular weight excluding hydrogens is 242 g/mol. The lowest BCUT2D eigenvalue weighted by Crippen LogP contribution is -2.19. The summed E-state index contributed by atoms with van der Waals surface area (Å²) in [5, 5.41) is 0. The number of aryl methyl sites for hydroxylation is 1. The highest BCUT2D eigenvalue weighted by Gasteiger charge is 2.26. The molecule has 0 spiro atoms. The minimum Gasteiger partial charge on any atom is -0.465 e. The number of carbonyl (C=O) groups excluding carboxylic acids is 1. The van der Waals surface area contributed by atoms with Crippen molar-refractivity contribution < 1.29 is 9.53 Å². The van der Waals surface area contributed by atoms with Gasteiger partial charge in [0.15, 0.2) is 0 Å². The van der Waals surface area contributed by atoms with Crippen molar-refractivity contribution in [3.63, 3.8) is 0 Å². The Bertz CT molecular complexity index is 577. The van der Waals surface area contributed by atoms with Crippen LogP contribution in [0.4, 0.5) is 0 Å². The first kappa shape index (κ1) is 13.5. The molecule has 0 saturated heterocycles. The first-order chi connectivity index (χ1) is 9.19. The van der Waals surface area contributed by atoms with Crippen LogP contribution in [0, 0.1) is 0 Å². The van der Waals surface area contributed by atoms with Crippen molar-refractivity contribution in [3.05, 3.63) is 24.3 Å². The Kier molecular flexibility index (Phi) is 4.14. The van der Waals surface area contributed by atoms with E-state index in [0.29, 0.717) is 6.61 Å². The van der Waals surface area contributed by atoms with Crippen molar-refractivity contribution in [2.45, 2.75) is 32.6 Å². The van der Waals surface area contributed by atoms with E-state index in [1.165, 1.54) is 0 Å². The number of ether oxygens (including phenoxy) is 1. The van der Waals surface area contributed by atoms with Crippen LogP contribution in [0.1, 0.15) is 38.4 Å². The lowest BCUT2D eigenvalue weighted by Gasteiger charge is -2.14. The van der Waals surface area contributed by atoms with Gasteiger partial charge in [0.2, 0.25) is 0 Å². The topological polar surface area (TPSA) is 57.0 Å². The van der Waals surface area contributed by atoms with E-state index in [1.807, 2.05) is 24.6 Å². The first-order valence-corrected chi connectivity index (χ1v) is 6.62. The minimum absolute atomic E-state index is 0.198. The molecule has 2 aromatic heterocycles. The molecule has 0 bridgehead atoms. The lowest BCUT2D eigenvalue weighted by atomic mass is 10.0. The van der Waals surface area contributed by atoms with Crippen molar-refractivity contribution in [2.24, 2.45) is 7.05 Å². The van der Waals surface area contributed by atoms with Crippen LogP contribution in [-0.4, -0.2) is 27.1 Å². The van der Waals surface area contributed by atoms with Crippen LogP contribution in [-0.2, 0) is 16.6 Å². The third-order valence-corrected chi connectivity index (χ3v) is 3.18. The fraction of sp³-hybridized carbons (Fsp3) is 0.500. The van der Waals surface area contributed by atoms with Gasteiger partial charge in [-0.05, 0) is 19.4 Å². The predicted molar refractivity (Wildman–Crippen MR) is 72.8 cm³/mol. The van der Waals surface area contributed by atoms with Gasteiger partial charge in [0.05, 0.1) is 23.8 Å². The van der Waals surface area contributed by atoms with Crippen LogP contribution < -0.4 is 0 Å². The van der Waals surface area contributed by atoms with Gasteiger partial charge >= 0.3 is 5.97 Å². The fourth-order valence-corrected chi connectivity index (χ4v) is 2.25. The average molecular weight is 261 g/mol. The SMILES string of the molecule is CCCC(C(=O)OCC)c1nc2ccncc2n1C. The third kappa shape index (κ3) is 2.59. The second kappa shape index (κ2) is 5.82. The highest BCUT2D eigenvalue weighted by Crippen LogP contribution is 2.25.